The summed E-state index contributed by atoms with van der Waals surface area (Å²) < 4.78 is 13.6. The Hall–Kier alpha value is -1.88. The number of carbonyl (C=O) groups excluding carboxylic acids is 1. The van der Waals surface area contributed by atoms with E-state index >= 15 is 0 Å². The van der Waals surface area contributed by atoms with Crippen LogP contribution < -0.4 is 10.6 Å². The summed E-state index contributed by atoms with van der Waals surface area (Å²) in [5, 5.41) is 5.95. The first-order valence-corrected chi connectivity index (χ1v) is 7.41. The second-order valence-electron chi connectivity index (χ2n) is 4.66. The van der Waals surface area contributed by atoms with Gasteiger partial charge in [-0.1, -0.05) is 11.6 Å². The fourth-order valence-electron chi connectivity index (χ4n) is 1.97. The molecule has 3 nitrogen and oxygen atoms in total. The number of aryl methyl sites for hydroxylation is 1. The summed E-state index contributed by atoms with van der Waals surface area (Å²) in [7, 11) is 0. The molecule has 1 amide bonds. The fourth-order valence-corrected chi connectivity index (χ4v) is 2.42. The number of benzene rings is 2. The molecule has 2 aromatic carbocycles. The molecule has 5 heteroatoms. The lowest BCUT2D eigenvalue weighted by molar-refractivity contribution is 0.102. The van der Waals surface area contributed by atoms with Crippen molar-refractivity contribution in [3.05, 3.63) is 57.8 Å². The van der Waals surface area contributed by atoms with Gasteiger partial charge in [0, 0.05) is 16.7 Å². The van der Waals surface area contributed by atoms with Crippen molar-refractivity contribution in [2.75, 3.05) is 17.2 Å². The molecule has 2 aromatic rings. The van der Waals surface area contributed by atoms with E-state index < -0.39 is 0 Å². The molecule has 0 aromatic heterocycles. The predicted molar refractivity (Wildman–Crippen MR) is 87.4 cm³/mol. The SMILES string of the molecule is CCNc1ccc(C)cc1C(=O)Nc1ccc(F)cc1Br. The van der Waals surface area contributed by atoms with Crippen molar-refractivity contribution < 1.29 is 9.18 Å². The maximum Gasteiger partial charge on any atom is 0.257 e. The molecule has 0 bridgehead atoms. The molecule has 0 aliphatic carbocycles. The third-order valence-electron chi connectivity index (χ3n) is 2.97. The normalized spacial score (nSPS) is 10.3. The lowest BCUT2D eigenvalue weighted by atomic mass is 10.1. The van der Waals surface area contributed by atoms with E-state index in [0.717, 1.165) is 17.8 Å². The molecule has 0 fully saturated rings. The minimum absolute atomic E-state index is 0.234. The van der Waals surface area contributed by atoms with Gasteiger partial charge in [0.05, 0.1) is 11.3 Å². The number of amides is 1. The summed E-state index contributed by atoms with van der Waals surface area (Å²) in [6.07, 6.45) is 0. The van der Waals surface area contributed by atoms with Gasteiger partial charge in [0.2, 0.25) is 0 Å². The monoisotopic (exact) mass is 350 g/mol. The van der Waals surface area contributed by atoms with Gasteiger partial charge in [-0.15, -0.1) is 0 Å². The first-order valence-electron chi connectivity index (χ1n) is 6.62. The highest BCUT2D eigenvalue weighted by molar-refractivity contribution is 9.10. The maximum absolute atomic E-state index is 13.1. The molecule has 0 heterocycles. The summed E-state index contributed by atoms with van der Waals surface area (Å²) in [4.78, 5) is 12.4. The lowest BCUT2D eigenvalue weighted by Crippen LogP contribution is -2.15. The standard InChI is InChI=1S/C16H16BrFN2O/c1-3-19-14-6-4-10(2)8-12(14)16(21)20-15-7-5-11(18)9-13(15)17/h4-9,19H,3H2,1-2H3,(H,20,21). The zero-order valence-corrected chi connectivity index (χ0v) is 13.4. The van der Waals surface area contributed by atoms with E-state index in [-0.39, 0.29) is 11.7 Å². The molecule has 0 saturated heterocycles. The Bertz CT molecular complexity index is 673. The molecule has 0 saturated carbocycles. The Kier molecular flexibility index (Phi) is 4.96. The van der Waals surface area contributed by atoms with Crippen LogP contribution in [0, 0.1) is 12.7 Å². The Morgan fingerprint density at radius 1 is 1.19 bits per heavy atom. The smallest absolute Gasteiger partial charge is 0.257 e. The third kappa shape index (κ3) is 3.82. The third-order valence-corrected chi connectivity index (χ3v) is 3.62. The zero-order chi connectivity index (χ0) is 15.4. The number of hydrogen-bond acceptors (Lipinski definition) is 2. The van der Waals surface area contributed by atoms with Crippen LogP contribution in [0.25, 0.3) is 0 Å². The average Bonchev–Trinajstić information content (AvgIpc) is 2.44. The molecule has 2 rings (SSSR count). The van der Waals surface area contributed by atoms with Gasteiger partial charge in [0.15, 0.2) is 0 Å². The van der Waals surface area contributed by atoms with Gasteiger partial charge in [0.25, 0.3) is 5.91 Å². The van der Waals surface area contributed by atoms with E-state index in [4.69, 9.17) is 0 Å². The minimum atomic E-state index is -0.358. The van der Waals surface area contributed by atoms with E-state index in [1.807, 2.05) is 32.0 Å². The van der Waals surface area contributed by atoms with Crippen LogP contribution >= 0.6 is 15.9 Å². The van der Waals surface area contributed by atoms with Gasteiger partial charge in [0.1, 0.15) is 5.82 Å². The maximum atomic E-state index is 13.1. The van der Waals surface area contributed by atoms with Crippen LogP contribution in [0.3, 0.4) is 0 Å². The molecule has 0 radical (unpaired) electrons. The van der Waals surface area contributed by atoms with Crippen molar-refractivity contribution in [3.63, 3.8) is 0 Å². The molecule has 110 valence electrons. The van der Waals surface area contributed by atoms with Crippen molar-refractivity contribution in [2.45, 2.75) is 13.8 Å². The summed E-state index contributed by atoms with van der Waals surface area (Å²) >= 11 is 3.24. The fraction of sp³-hybridized carbons (Fsp3) is 0.188. The second kappa shape index (κ2) is 6.72. The number of anilines is 2. The molecular weight excluding hydrogens is 335 g/mol. The quantitative estimate of drug-likeness (QED) is 0.847. The first kappa shape index (κ1) is 15.5. The largest absolute Gasteiger partial charge is 0.385 e. The Morgan fingerprint density at radius 2 is 1.90 bits per heavy atom. The molecule has 0 aliphatic heterocycles. The van der Waals surface area contributed by atoms with Crippen LogP contribution in [-0.4, -0.2) is 12.5 Å². The van der Waals surface area contributed by atoms with E-state index in [9.17, 15) is 9.18 Å². The van der Waals surface area contributed by atoms with Crippen LogP contribution in [-0.2, 0) is 0 Å². The molecule has 0 spiro atoms. The van der Waals surface area contributed by atoms with Crippen LogP contribution in [0.15, 0.2) is 40.9 Å². The van der Waals surface area contributed by atoms with Gasteiger partial charge in [-0.25, -0.2) is 4.39 Å². The van der Waals surface area contributed by atoms with E-state index in [2.05, 4.69) is 26.6 Å². The number of rotatable bonds is 4. The van der Waals surface area contributed by atoms with Gasteiger partial charge >= 0.3 is 0 Å². The van der Waals surface area contributed by atoms with Crippen molar-refractivity contribution in [1.82, 2.24) is 0 Å². The summed E-state index contributed by atoms with van der Waals surface area (Å²) in [5.41, 5.74) is 2.87. The molecular formula is C16H16BrFN2O. The van der Waals surface area contributed by atoms with E-state index in [1.54, 1.807) is 0 Å². The summed E-state index contributed by atoms with van der Waals surface area (Å²) in [6.45, 7) is 4.63. The molecule has 0 atom stereocenters. The summed E-state index contributed by atoms with van der Waals surface area (Å²) in [5.74, 6) is -0.592. The van der Waals surface area contributed by atoms with Crippen LogP contribution in [0.4, 0.5) is 15.8 Å². The lowest BCUT2D eigenvalue weighted by Gasteiger charge is -2.13. The Balaban J connectivity index is 2.29. The number of halogens is 2. The van der Waals surface area contributed by atoms with E-state index in [0.29, 0.717) is 15.7 Å². The predicted octanol–water partition coefficient (Wildman–Crippen LogP) is 4.58. The van der Waals surface area contributed by atoms with Crippen LogP contribution in [0.1, 0.15) is 22.8 Å². The van der Waals surface area contributed by atoms with Crippen LogP contribution in [0.5, 0.6) is 0 Å². The number of hydrogen-bond donors (Lipinski definition) is 2. The van der Waals surface area contributed by atoms with Gasteiger partial charge < -0.3 is 10.6 Å². The van der Waals surface area contributed by atoms with Crippen molar-refractivity contribution in [1.29, 1.82) is 0 Å². The van der Waals surface area contributed by atoms with Crippen molar-refractivity contribution >= 4 is 33.2 Å². The van der Waals surface area contributed by atoms with Crippen molar-refractivity contribution in [2.24, 2.45) is 0 Å². The number of carbonyl (C=O) groups is 1. The molecule has 21 heavy (non-hydrogen) atoms. The number of nitrogens with one attached hydrogen (secondary N) is 2. The zero-order valence-electron chi connectivity index (χ0n) is 11.8. The highest BCUT2D eigenvalue weighted by atomic mass is 79.9. The summed E-state index contributed by atoms with van der Waals surface area (Å²) in [6, 6.07) is 9.81. The second-order valence-corrected chi connectivity index (χ2v) is 5.51. The molecule has 0 aliphatic rings. The Morgan fingerprint density at radius 3 is 2.57 bits per heavy atom. The van der Waals surface area contributed by atoms with Crippen molar-refractivity contribution in [3.8, 4) is 0 Å². The molecule has 0 unspecified atom stereocenters. The highest BCUT2D eigenvalue weighted by Gasteiger charge is 2.13. The first-order chi connectivity index (χ1) is 10.0. The highest BCUT2D eigenvalue weighted by Crippen LogP contribution is 2.25. The van der Waals surface area contributed by atoms with Crippen LogP contribution in [0.2, 0.25) is 0 Å². The average molecular weight is 351 g/mol. The molecule has 2 N–H and O–H groups in total. The van der Waals surface area contributed by atoms with E-state index in [1.165, 1.54) is 18.2 Å². The van der Waals surface area contributed by atoms with Gasteiger partial charge in [-0.3, -0.25) is 4.79 Å². The Labute approximate surface area is 131 Å². The minimum Gasteiger partial charge on any atom is -0.385 e. The van der Waals surface area contributed by atoms with Gasteiger partial charge in [-0.2, -0.15) is 0 Å². The topological polar surface area (TPSA) is 41.1 Å². The van der Waals surface area contributed by atoms with Gasteiger partial charge in [-0.05, 0) is 60.1 Å².